The molecule has 1 aromatic carbocycles. The second-order valence-electron chi connectivity index (χ2n) is 5.58. The minimum absolute atomic E-state index is 0.0981. The molecule has 1 saturated heterocycles. The van der Waals surface area contributed by atoms with Crippen LogP contribution in [-0.2, 0) is 4.74 Å². The zero-order valence-electron chi connectivity index (χ0n) is 13.4. The van der Waals surface area contributed by atoms with Crippen LogP contribution >= 0.6 is 0 Å². The molecule has 2 heterocycles. The number of amides is 1. The van der Waals surface area contributed by atoms with Crippen LogP contribution in [0.1, 0.15) is 21.6 Å². The summed E-state index contributed by atoms with van der Waals surface area (Å²) in [5, 5.41) is 11.4. The quantitative estimate of drug-likeness (QED) is 0.942. The number of benzene rings is 1. The Morgan fingerprint density at radius 3 is 2.61 bits per heavy atom. The number of nitrogens with zero attached hydrogens (tertiary/aromatic N) is 3. The number of morpholine rings is 1. The van der Waals surface area contributed by atoms with E-state index in [9.17, 15) is 4.79 Å². The third-order valence-electron chi connectivity index (χ3n) is 4.05. The third-order valence-corrected chi connectivity index (χ3v) is 4.05. The highest BCUT2D eigenvalue weighted by Crippen LogP contribution is 2.21. The second-order valence-corrected chi connectivity index (χ2v) is 5.58. The van der Waals surface area contributed by atoms with Crippen LogP contribution in [0.5, 0.6) is 0 Å². The largest absolute Gasteiger partial charge is 0.378 e. The Bertz CT molecular complexity index is 694. The number of carbonyl (C=O) groups excluding carboxylic acids is 1. The molecule has 0 radical (unpaired) electrons. The monoisotopic (exact) mass is 312 g/mol. The van der Waals surface area contributed by atoms with Gasteiger partial charge in [0, 0.05) is 18.8 Å². The van der Waals surface area contributed by atoms with Crippen molar-refractivity contribution >= 4 is 17.4 Å². The fraction of sp³-hybridized carbons (Fsp3) is 0.353. The van der Waals surface area contributed by atoms with Crippen molar-refractivity contribution in [3.63, 3.8) is 0 Å². The summed E-state index contributed by atoms with van der Waals surface area (Å²) in [5.74, 6) is 0.524. The molecule has 1 amide bonds. The summed E-state index contributed by atoms with van der Waals surface area (Å²) >= 11 is 0. The van der Waals surface area contributed by atoms with Gasteiger partial charge in [0.15, 0.2) is 11.5 Å². The third kappa shape index (κ3) is 3.48. The topological polar surface area (TPSA) is 67.4 Å². The fourth-order valence-corrected chi connectivity index (χ4v) is 2.47. The predicted octanol–water partition coefficient (Wildman–Crippen LogP) is 2.31. The highest BCUT2D eigenvalue weighted by Gasteiger charge is 2.19. The molecular formula is C17H20N4O2. The first-order valence-corrected chi connectivity index (χ1v) is 7.69. The number of nitrogens with one attached hydrogen (secondary N) is 1. The molecular weight excluding hydrogens is 292 g/mol. The molecule has 1 fully saturated rings. The summed E-state index contributed by atoms with van der Waals surface area (Å²) in [6, 6.07) is 9.54. The highest BCUT2D eigenvalue weighted by atomic mass is 16.5. The molecule has 1 aliphatic heterocycles. The number of rotatable bonds is 3. The standard InChI is InChI=1S/C17H20N4O2/c1-12-4-3-5-14(13(12)2)18-16-7-6-15(19-20-16)17(22)21-8-10-23-11-9-21/h3-7H,8-11H2,1-2H3,(H,18,20). The minimum Gasteiger partial charge on any atom is -0.378 e. The van der Waals surface area contributed by atoms with Crippen LogP contribution in [0, 0.1) is 13.8 Å². The SMILES string of the molecule is Cc1cccc(Nc2ccc(C(=O)N3CCOCC3)nn2)c1C. The number of anilines is 2. The van der Waals surface area contributed by atoms with Gasteiger partial charge in [-0.3, -0.25) is 4.79 Å². The van der Waals surface area contributed by atoms with Gasteiger partial charge in [-0.2, -0.15) is 0 Å². The van der Waals surface area contributed by atoms with Crippen LogP contribution in [0.15, 0.2) is 30.3 Å². The first-order chi connectivity index (χ1) is 11.1. The number of carbonyl (C=O) groups is 1. The van der Waals surface area contributed by atoms with Gasteiger partial charge in [-0.1, -0.05) is 12.1 Å². The van der Waals surface area contributed by atoms with E-state index < -0.39 is 0 Å². The van der Waals surface area contributed by atoms with E-state index >= 15 is 0 Å². The van der Waals surface area contributed by atoms with Crippen molar-refractivity contribution in [3.8, 4) is 0 Å². The smallest absolute Gasteiger partial charge is 0.274 e. The number of aryl methyl sites for hydroxylation is 1. The lowest BCUT2D eigenvalue weighted by molar-refractivity contribution is 0.0298. The molecule has 0 atom stereocenters. The molecule has 0 aliphatic carbocycles. The van der Waals surface area contributed by atoms with E-state index in [4.69, 9.17) is 4.74 Å². The molecule has 6 nitrogen and oxygen atoms in total. The molecule has 0 saturated carbocycles. The zero-order chi connectivity index (χ0) is 16.2. The number of hydrogen-bond donors (Lipinski definition) is 1. The predicted molar refractivity (Wildman–Crippen MR) is 88.0 cm³/mol. The van der Waals surface area contributed by atoms with E-state index in [1.807, 2.05) is 12.1 Å². The van der Waals surface area contributed by atoms with Gasteiger partial charge >= 0.3 is 0 Å². The lowest BCUT2D eigenvalue weighted by atomic mass is 10.1. The van der Waals surface area contributed by atoms with Gasteiger partial charge in [0.25, 0.3) is 5.91 Å². The van der Waals surface area contributed by atoms with Crippen molar-refractivity contribution in [3.05, 3.63) is 47.2 Å². The first-order valence-electron chi connectivity index (χ1n) is 7.69. The average Bonchev–Trinajstić information content (AvgIpc) is 2.60. The summed E-state index contributed by atoms with van der Waals surface area (Å²) in [6.45, 7) is 6.47. The summed E-state index contributed by atoms with van der Waals surface area (Å²) in [6.07, 6.45) is 0. The van der Waals surface area contributed by atoms with Crippen molar-refractivity contribution in [2.24, 2.45) is 0 Å². The van der Waals surface area contributed by atoms with Crippen molar-refractivity contribution in [2.45, 2.75) is 13.8 Å². The summed E-state index contributed by atoms with van der Waals surface area (Å²) in [4.78, 5) is 14.1. The van der Waals surface area contributed by atoms with Gasteiger partial charge in [-0.15, -0.1) is 10.2 Å². The van der Waals surface area contributed by atoms with Crippen LogP contribution in [0.3, 0.4) is 0 Å². The maximum atomic E-state index is 12.3. The van der Waals surface area contributed by atoms with Gasteiger partial charge in [0.1, 0.15) is 0 Å². The minimum atomic E-state index is -0.0981. The van der Waals surface area contributed by atoms with Gasteiger partial charge in [-0.05, 0) is 43.2 Å². The van der Waals surface area contributed by atoms with Crippen molar-refractivity contribution < 1.29 is 9.53 Å². The molecule has 0 unspecified atom stereocenters. The van der Waals surface area contributed by atoms with E-state index in [-0.39, 0.29) is 5.91 Å². The normalized spacial score (nSPS) is 14.6. The van der Waals surface area contributed by atoms with Crippen molar-refractivity contribution in [2.75, 3.05) is 31.6 Å². The molecule has 1 aliphatic rings. The molecule has 0 bridgehead atoms. The molecule has 0 spiro atoms. The van der Waals surface area contributed by atoms with Gasteiger partial charge in [-0.25, -0.2) is 0 Å². The summed E-state index contributed by atoms with van der Waals surface area (Å²) < 4.78 is 5.25. The average molecular weight is 312 g/mol. The molecule has 2 aromatic rings. The fourth-order valence-electron chi connectivity index (χ4n) is 2.47. The van der Waals surface area contributed by atoms with Crippen LogP contribution in [0.4, 0.5) is 11.5 Å². The van der Waals surface area contributed by atoms with Gasteiger partial charge in [0.2, 0.25) is 0 Å². The van der Waals surface area contributed by atoms with Crippen molar-refractivity contribution in [1.82, 2.24) is 15.1 Å². The van der Waals surface area contributed by atoms with Crippen LogP contribution < -0.4 is 5.32 Å². The first kappa shape index (κ1) is 15.4. The highest BCUT2D eigenvalue weighted by molar-refractivity contribution is 5.92. The van der Waals surface area contributed by atoms with Crippen molar-refractivity contribution in [1.29, 1.82) is 0 Å². The molecule has 3 rings (SSSR count). The Morgan fingerprint density at radius 2 is 1.91 bits per heavy atom. The Kier molecular flexibility index (Phi) is 4.52. The van der Waals surface area contributed by atoms with E-state index in [1.54, 1.807) is 17.0 Å². The van der Waals surface area contributed by atoms with Crippen LogP contribution in [0.25, 0.3) is 0 Å². The number of hydrogen-bond acceptors (Lipinski definition) is 5. The van der Waals surface area contributed by atoms with Gasteiger partial charge < -0.3 is 15.0 Å². The molecule has 1 N–H and O–H groups in total. The van der Waals surface area contributed by atoms with Crippen LogP contribution in [0.2, 0.25) is 0 Å². The van der Waals surface area contributed by atoms with E-state index in [1.165, 1.54) is 11.1 Å². The maximum Gasteiger partial charge on any atom is 0.274 e. The summed E-state index contributed by atoms with van der Waals surface area (Å²) in [5.41, 5.74) is 3.73. The molecule has 120 valence electrons. The second kappa shape index (κ2) is 6.75. The Balaban J connectivity index is 1.71. The molecule has 1 aromatic heterocycles. The lowest BCUT2D eigenvalue weighted by Crippen LogP contribution is -2.41. The van der Waals surface area contributed by atoms with Gasteiger partial charge in [0.05, 0.1) is 13.2 Å². The Hall–Kier alpha value is -2.47. The number of ether oxygens (including phenoxy) is 1. The Morgan fingerprint density at radius 1 is 1.13 bits per heavy atom. The lowest BCUT2D eigenvalue weighted by Gasteiger charge is -2.26. The molecule has 23 heavy (non-hydrogen) atoms. The van der Waals surface area contributed by atoms with E-state index in [0.29, 0.717) is 37.8 Å². The summed E-state index contributed by atoms with van der Waals surface area (Å²) in [7, 11) is 0. The number of aromatic nitrogens is 2. The molecule has 6 heteroatoms. The maximum absolute atomic E-state index is 12.3. The zero-order valence-corrected chi connectivity index (χ0v) is 13.4. The van der Waals surface area contributed by atoms with E-state index in [2.05, 4.69) is 35.4 Å². The Labute approximate surface area is 135 Å². The van der Waals surface area contributed by atoms with Crippen LogP contribution in [-0.4, -0.2) is 47.3 Å². The van der Waals surface area contributed by atoms with E-state index in [0.717, 1.165) is 5.69 Å².